The average molecular weight is 405 g/mol. The summed E-state index contributed by atoms with van der Waals surface area (Å²) in [7, 11) is -3.42. The van der Waals surface area contributed by atoms with Crippen LogP contribution in [-0.4, -0.2) is 31.7 Å². The fourth-order valence-corrected chi connectivity index (χ4v) is 6.64. The van der Waals surface area contributed by atoms with E-state index in [9.17, 15) is 13.2 Å². The van der Waals surface area contributed by atoms with E-state index in [0.29, 0.717) is 30.1 Å². The molecule has 2 aromatic rings. The summed E-state index contributed by atoms with van der Waals surface area (Å²) in [6.07, 6.45) is 5.60. The van der Waals surface area contributed by atoms with Gasteiger partial charge in [-0.05, 0) is 67.2 Å². The molecule has 1 N–H and O–H groups in total. The highest BCUT2D eigenvalue weighted by molar-refractivity contribution is 7.91. The van der Waals surface area contributed by atoms with Crippen LogP contribution >= 0.6 is 11.3 Å². The van der Waals surface area contributed by atoms with E-state index >= 15 is 0 Å². The first-order valence-electron chi connectivity index (χ1n) is 9.51. The summed E-state index contributed by atoms with van der Waals surface area (Å²) in [5.41, 5.74) is 3.55. The van der Waals surface area contributed by atoms with Crippen LogP contribution in [0.3, 0.4) is 0 Å². The van der Waals surface area contributed by atoms with E-state index in [-0.39, 0.29) is 11.8 Å². The molecule has 1 aliphatic heterocycles. The predicted octanol–water partition coefficient (Wildman–Crippen LogP) is 3.67. The van der Waals surface area contributed by atoms with Crippen molar-refractivity contribution in [3.8, 4) is 0 Å². The number of anilines is 1. The van der Waals surface area contributed by atoms with E-state index in [1.54, 1.807) is 17.5 Å². The SMILES string of the molecule is O=C(Nc1cccc2c1CCCC2)C1CCN(S(=O)(=O)c2cccs2)CC1. The van der Waals surface area contributed by atoms with Crippen LogP contribution in [0.1, 0.15) is 36.8 Å². The minimum absolute atomic E-state index is 0.0159. The molecular weight excluding hydrogens is 380 g/mol. The van der Waals surface area contributed by atoms with Gasteiger partial charge in [0.05, 0.1) is 0 Å². The second kappa shape index (κ2) is 7.73. The first kappa shape index (κ1) is 18.7. The Labute approximate surface area is 164 Å². The summed E-state index contributed by atoms with van der Waals surface area (Å²) in [6.45, 7) is 0.788. The van der Waals surface area contributed by atoms with Crippen LogP contribution in [0.5, 0.6) is 0 Å². The molecule has 0 spiro atoms. The summed E-state index contributed by atoms with van der Waals surface area (Å²) >= 11 is 1.24. The summed E-state index contributed by atoms with van der Waals surface area (Å²) < 4.78 is 27.1. The van der Waals surface area contributed by atoms with Crippen molar-refractivity contribution < 1.29 is 13.2 Å². The van der Waals surface area contributed by atoms with Gasteiger partial charge in [-0.2, -0.15) is 4.31 Å². The van der Waals surface area contributed by atoms with E-state index in [1.165, 1.54) is 39.6 Å². The minimum atomic E-state index is -3.42. The maximum Gasteiger partial charge on any atom is 0.252 e. The number of aryl methyl sites for hydroxylation is 1. The van der Waals surface area contributed by atoms with Gasteiger partial charge in [0.2, 0.25) is 5.91 Å². The molecule has 1 aliphatic carbocycles. The molecule has 1 fully saturated rings. The number of hydrogen-bond acceptors (Lipinski definition) is 4. The third-order valence-electron chi connectivity index (χ3n) is 5.57. The van der Waals surface area contributed by atoms with Crippen LogP contribution in [0.2, 0.25) is 0 Å². The van der Waals surface area contributed by atoms with E-state index in [1.807, 2.05) is 12.1 Å². The molecule has 0 radical (unpaired) electrons. The molecule has 5 nitrogen and oxygen atoms in total. The van der Waals surface area contributed by atoms with E-state index in [0.717, 1.165) is 18.5 Å². The number of hydrogen-bond donors (Lipinski definition) is 1. The van der Waals surface area contributed by atoms with Crippen molar-refractivity contribution in [1.29, 1.82) is 0 Å². The third-order valence-corrected chi connectivity index (χ3v) is 8.84. The normalized spacial score (nSPS) is 18.8. The van der Waals surface area contributed by atoms with Crippen molar-refractivity contribution in [2.75, 3.05) is 18.4 Å². The highest BCUT2D eigenvalue weighted by atomic mass is 32.2. The second-order valence-electron chi connectivity index (χ2n) is 7.25. The Morgan fingerprint density at radius 2 is 1.85 bits per heavy atom. The van der Waals surface area contributed by atoms with Gasteiger partial charge in [-0.1, -0.05) is 18.2 Å². The zero-order chi connectivity index (χ0) is 18.9. The Balaban J connectivity index is 1.40. The number of rotatable bonds is 4. The summed E-state index contributed by atoms with van der Waals surface area (Å²) in [5, 5.41) is 4.89. The summed E-state index contributed by atoms with van der Waals surface area (Å²) in [6, 6.07) is 9.53. The number of thiophene rings is 1. The largest absolute Gasteiger partial charge is 0.326 e. The number of fused-ring (bicyclic) bond motifs is 1. The quantitative estimate of drug-likeness (QED) is 0.846. The molecule has 0 unspecified atom stereocenters. The van der Waals surface area contributed by atoms with Crippen LogP contribution in [0.15, 0.2) is 39.9 Å². The summed E-state index contributed by atoms with van der Waals surface area (Å²) in [4.78, 5) is 12.8. The first-order chi connectivity index (χ1) is 13.1. The molecule has 0 atom stereocenters. The number of piperidine rings is 1. The van der Waals surface area contributed by atoms with Crippen molar-refractivity contribution in [1.82, 2.24) is 4.31 Å². The van der Waals surface area contributed by atoms with Crippen LogP contribution in [0.25, 0.3) is 0 Å². The number of nitrogens with zero attached hydrogens (tertiary/aromatic N) is 1. The van der Waals surface area contributed by atoms with E-state index < -0.39 is 10.0 Å². The first-order valence-corrected chi connectivity index (χ1v) is 11.8. The van der Waals surface area contributed by atoms with Gasteiger partial charge in [0.15, 0.2) is 0 Å². The molecule has 27 heavy (non-hydrogen) atoms. The fraction of sp³-hybridized carbons (Fsp3) is 0.450. The molecule has 0 saturated carbocycles. The highest BCUT2D eigenvalue weighted by Gasteiger charge is 2.32. The zero-order valence-electron chi connectivity index (χ0n) is 15.2. The van der Waals surface area contributed by atoms with Crippen molar-refractivity contribution in [2.45, 2.75) is 42.7 Å². The van der Waals surface area contributed by atoms with Gasteiger partial charge in [0.1, 0.15) is 4.21 Å². The minimum Gasteiger partial charge on any atom is -0.326 e. The number of nitrogens with one attached hydrogen (secondary N) is 1. The van der Waals surface area contributed by atoms with Crippen molar-refractivity contribution in [3.05, 3.63) is 46.8 Å². The van der Waals surface area contributed by atoms with Gasteiger partial charge < -0.3 is 5.32 Å². The van der Waals surface area contributed by atoms with Gasteiger partial charge >= 0.3 is 0 Å². The van der Waals surface area contributed by atoms with Crippen LogP contribution < -0.4 is 5.32 Å². The standard InChI is InChI=1S/C20H24N2O3S2/c23-20(21-18-8-3-6-15-5-1-2-7-17(15)18)16-10-12-22(13-11-16)27(24,25)19-9-4-14-26-19/h3-4,6,8-9,14,16H,1-2,5,7,10-13H2,(H,21,23). The number of carbonyl (C=O) groups is 1. The Morgan fingerprint density at radius 3 is 2.59 bits per heavy atom. The smallest absolute Gasteiger partial charge is 0.252 e. The molecule has 2 heterocycles. The van der Waals surface area contributed by atoms with E-state index in [2.05, 4.69) is 11.4 Å². The molecule has 7 heteroatoms. The molecule has 144 valence electrons. The topological polar surface area (TPSA) is 66.5 Å². The number of sulfonamides is 1. The third kappa shape index (κ3) is 3.81. The molecule has 1 saturated heterocycles. The van der Waals surface area contributed by atoms with Crippen LogP contribution in [0.4, 0.5) is 5.69 Å². The Kier molecular flexibility index (Phi) is 5.34. The van der Waals surface area contributed by atoms with Gasteiger partial charge in [-0.3, -0.25) is 4.79 Å². The van der Waals surface area contributed by atoms with Crippen molar-refractivity contribution >= 4 is 33.0 Å². The van der Waals surface area contributed by atoms with E-state index in [4.69, 9.17) is 0 Å². The van der Waals surface area contributed by atoms with Gasteiger partial charge in [-0.25, -0.2) is 8.42 Å². The predicted molar refractivity (Wildman–Crippen MR) is 108 cm³/mol. The van der Waals surface area contributed by atoms with Gasteiger partial charge in [0, 0.05) is 24.7 Å². The lowest BCUT2D eigenvalue weighted by atomic mass is 9.90. The monoisotopic (exact) mass is 404 g/mol. The van der Waals surface area contributed by atoms with Crippen LogP contribution in [0, 0.1) is 5.92 Å². The number of benzene rings is 1. The maximum absolute atomic E-state index is 12.8. The Bertz CT molecular complexity index is 915. The Hall–Kier alpha value is -1.70. The lowest BCUT2D eigenvalue weighted by Crippen LogP contribution is -2.41. The molecular formula is C20H24N2O3S2. The lowest BCUT2D eigenvalue weighted by molar-refractivity contribution is -0.120. The van der Waals surface area contributed by atoms with Crippen LogP contribution in [-0.2, 0) is 27.7 Å². The number of carbonyl (C=O) groups excluding carboxylic acids is 1. The molecule has 1 amide bonds. The van der Waals surface area contributed by atoms with Crippen molar-refractivity contribution in [2.24, 2.45) is 5.92 Å². The molecule has 1 aromatic carbocycles. The fourth-order valence-electron chi connectivity index (χ4n) is 4.03. The maximum atomic E-state index is 12.8. The lowest BCUT2D eigenvalue weighted by Gasteiger charge is -2.30. The summed E-state index contributed by atoms with van der Waals surface area (Å²) in [5.74, 6) is -0.124. The molecule has 0 bridgehead atoms. The molecule has 1 aromatic heterocycles. The average Bonchev–Trinajstić information content (AvgIpc) is 3.24. The van der Waals surface area contributed by atoms with Gasteiger partial charge in [0.25, 0.3) is 10.0 Å². The molecule has 2 aliphatic rings. The zero-order valence-corrected chi connectivity index (χ0v) is 16.8. The highest BCUT2D eigenvalue weighted by Crippen LogP contribution is 2.30. The van der Waals surface area contributed by atoms with Crippen molar-refractivity contribution in [3.63, 3.8) is 0 Å². The van der Waals surface area contributed by atoms with Gasteiger partial charge in [-0.15, -0.1) is 11.3 Å². The Morgan fingerprint density at radius 1 is 1.07 bits per heavy atom. The number of amides is 1. The second-order valence-corrected chi connectivity index (χ2v) is 10.4. The molecule has 4 rings (SSSR count).